The van der Waals surface area contributed by atoms with Gasteiger partial charge in [-0.1, -0.05) is 0 Å². The van der Waals surface area contributed by atoms with Gasteiger partial charge in [-0.3, -0.25) is 4.90 Å². The van der Waals surface area contributed by atoms with E-state index in [0.29, 0.717) is 12.0 Å². The Labute approximate surface area is 123 Å². The van der Waals surface area contributed by atoms with Gasteiger partial charge < -0.3 is 19.7 Å². The van der Waals surface area contributed by atoms with E-state index in [1.807, 2.05) is 6.07 Å². The Balaban J connectivity index is 1.66. The Morgan fingerprint density at radius 2 is 1.95 bits per heavy atom. The number of rotatable bonds is 0. The summed E-state index contributed by atoms with van der Waals surface area (Å²) >= 11 is 0. The molecule has 2 N–H and O–H groups in total. The van der Waals surface area contributed by atoms with Crippen LogP contribution in [-0.2, 0) is 6.54 Å². The number of fused-ring (bicyclic) bond motifs is 3. The molecule has 1 aromatic carbocycles. The molecule has 1 saturated carbocycles. The van der Waals surface area contributed by atoms with Crippen LogP contribution < -0.4 is 9.47 Å². The number of aliphatic hydroxyl groups excluding tert-OH is 2. The van der Waals surface area contributed by atoms with Crippen molar-refractivity contribution >= 4 is 0 Å². The molecule has 0 bridgehead atoms. The van der Waals surface area contributed by atoms with E-state index in [1.165, 1.54) is 5.56 Å². The lowest BCUT2D eigenvalue weighted by Gasteiger charge is -2.47. The summed E-state index contributed by atoms with van der Waals surface area (Å²) in [5, 5.41) is 20.8. The zero-order chi connectivity index (χ0) is 14.1. The molecule has 112 valence electrons. The van der Waals surface area contributed by atoms with Gasteiger partial charge in [0, 0.05) is 18.5 Å². The Morgan fingerprint density at radius 1 is 1.14 bits per heavy atom. The van der Waals surface area contributed by atoms with E-state index in [4.69, 9.17) is 9.47 Å². The number of nitrogens with zero attached hydrogens (tertiary/aromatic N) is 1. The van der Waals surface area contributed by atoms with Crippen LogP contribution in [0.1, 0.15) is 29.9 Å². The molecule has 5 rings (SSSR count). The molecule has 5 atom stereocenters. The van der Waals surface area contributed by atoms with E-state index in [-0.39, 0.29) is 12.7 Å². The lowest BCUT2D eigenvalue weighted by molar-refractivity contribution is -0.0657. The third-order valence-electron chi connectivity index (χ3n) is 5.73. The third-order valence-corrected chi connectivity index (χ3v) is 5.73. The second-order valence-electron chi connectivity index (χ2n) is 6.73. The molecule has 2 fully saturated rings. The topological polar surface area (TPSA) is 62.2 Å². The maximum absolute atomic E-state index is 10.6. The summed E-state index contributed by atoms with van der Waals surface area (Å²) in [6.07, 6.45) is 0.531. The van der Waals surface area contributed by atoms with Crippen molar-refractivity contribution in [2.45, 2.75) is 43.6 Å². The quantitative estimate of drug-likeness (QED) is 0.741. The van der Waals surface area contributed by atoms with Crippen molar-refractivity contribution in [1.82, 2.24) is 4.90 Å². The molecular weight excluding hydrogens is 270 g/mol. The zero-order valence-corrected chi connectivity index (χ0v) is 11.7. The molecule has 3 heterocycles. The summed E-state index contributed by atoms with van der Waals surface area (Å²) < 4.78 is 11.0. The highest BCUT2D eigenvalue weighted by molar-refractivity contribution is 5.52. The number of hydrogen-bond acceptors (Lipinski definition) is 5. The first kappa shape index (κ1) is 12.3. The molecular formula is C16H19NO4. The van der Waals surface area contributed by atoms with Crippen LogP contribution >= 0.6 is 0 Å². The van der Waals surface area contributed by atoms with Gasteiger partial charge in [0.1, 0.15) is 0 Å². The fraction of sp³-hybridized carbons (Fsp3) is 0.625. The van der Waals surface area contributed by atoms with Gasteiger partial charge in [0.05, 0.1) is 12.2 Å². The van der Waals surface area contributed by atoms with E-state index in [9.17, 15) is 10.2 Å². The molecule has 0 spiro atoms. The molecule has 21 heavy (non-hydrogen) atoms. The maximum Gasteiger partial charge on any atom is 0.231 e. The minimum absolute atomic E-state index is 0.0144. The monoisotopic (exact) mass is 289 g/mol. The average molecular weight is 289 g/mol. The van der Waals surface area contributed by atoms with Gasteiger partial charge in [-0.25, -0.2) is 0 Å². The Kier molecular flexibility index (Phi) is 2.41. The molecule has 1 aromatic rings. The Morgan fingerprint density at radius 3 is 2.81 bits per heavy atom. The molecule has 1 aliphatic carbocycles. The summed E-state index contributed by atoms with van der Waals surface area (Å²) in [5.74, 6) is 2.05. The molecule has 4 aliphatic rings. The minimum Gasteiger partial charge on any atom is -0.454 e. The van der Waals surface area contributed by atoms with E-state index in [1.54, 1.807) is 0 Å². The molecule has 3 aliphatic heterocycles. The number of aliphatic hydroxyl groups is 2. The number of hydrogen-bond donors (Lipinski definition) is 2. The van der Waals surface area contributed by atoms with Gasteiger partial charge in [0.15, 0.2) is 11.5 Å². The fourth-order valence-electron chi connectivity index (χ4n) is 4.84. The van der Waals surface area contributed by atoms with Crippen LogP contribution in [0.25, 0.3) is 0 Å². The van der Waals surface area contributed by atoms with Crippen LogP contribution in [0, 0.1) is 5.92 Å². The van der Waals surface area contributed by atoms with E-state index < -0.39 is 12.2 Å². The van der Waals surface area contributed by atoms with Gasteiger partial charge in [0.2, 0.25) is 6.79 Å². The predicted octanol–water partition coefficient (Wildman–Crippen LogP) is 0.829. The van der Waals surface area contributed by atoms with Gasteiger partial charge in [0.25, 0.3) is 0 Å². The SMILES string of the molecule is OC1CC2CCN3Cc4cc5c(cc4C([C@H]1O)[C@H]23)OCO5. The second-order valence-corrected chi connectivity index (χ2v) is 6.73. The zero-order valence-electron chi connectivity index (χ0n) is 11.7. The van der Waals surface area contributed by atoms with Crippen molar-refractivity contribution in [3.63, 3.8) is 0 Å². The lowest BCUT2D eigenvalue weighted by atomic mass is 9.68. The number of ether oxygens (including phenoxy) is 2. The van der Waals surface area contributed by atoms with Crippen molar-refractivity contribution in [3.8, 4) is 11.5 Å². The van der Waals surface area contributed by atoms with E-state index >= 15 is 0 Å². The van der Waals surface area contributed by atoms with Crippen LogP contribution in [0.5, 0.6) is 11.5 Å². The van der Waals surface area contributed by atoms with Crippen molar-refractivity contribution in [2.75, 3.05) is 13.3 Å². The molecule has 5 heteroatoms. The lowest BCUT2D eigenvalue weighted by Crippen LogP contribution is -2.53. The predicted molar refractivity (Wildman–Crippen MR) is 74.2 cm³/mol. The highest BCUT2D eigenvalue weighted by Gasteiger charge is 2.52. The molecule has 3 unspecified atom stereocenters. The van der Waals surface area contributed by atoms with Gasteiger partial charge >= 0.3 is 0 Å². The molecule has 5 nitrogen and oxygen atoms in total. The first-order valence-corrected chi connectivity index (χ1v) is 7.75. The summed E-state index contributed by atoms with van der Waals surface area (Å²) in [6, 6.07) is 4.43. The highest BCUT2D eigenvalue weighted by atomic mass is 16.7. The van der Waals surface area contributed by atoms with E-state index in [2.05, 4.69) is 11.0 Å². The van der Waals surface area contributed by atoms with Crippen LogP contribution in [0.2, 0.25) is 0 Å². The van der Waals surface area contributed by atoms with Crippen molar-refractivity contribution in [1.29, 1.82) is 0 Å². The summed E-state index contributed by atoms with van der Waals surface area (Å²) in [5.41, 5.74) is 2.34. The normalized spacial score (nSPS) is 40.0. The minimum atomic E-state index is -0.689. The van der Waals surface area contributed by atoms with E-state index in [0.717, 1.165) is 43.0 Å². The summed E-state index contributed by atoms with van der Waals surface area (Å²) in [7, 11) is 0. The first-order valence-electron chi connectivity index (χ1n) is 7.75. The van der Waals surface area contributed by atoms with Gasteiger partial charge in [-0.15, -0.1) is 0 Å². The largest absolute Gasteiger partial charge is 0.454 e. The Hall–Kier alpha value is -1.30. The molecule has 0 radical (unpaired) electrons. The summed E-state index contributed by atoms with van der Waals surface area (Å²) in [4.78, 5) is 2.47. The smallest absolute Gasteiger partial charge is 0.231 e. The standard InChI is InChI=1S/C16H19NO4/c18-11-3-8-1-2-17-6-9-4-12-13(21-7-20-12)5-10(9)14(15(8)17)16(11)19/h4-5,8,11,14-16,18-19H,1-3,6-7H2/t8?,11?,14?,15-,16-/m0/s1. The molecule has 0 aromatic heterocycles. The summed E-state index contributed by atoms with van der Waals surface area (Å²) in [6.45, 7) is 2.23. The first-order chi connectivity index (χ1) is 10.2. The average Bonchev–Trinajstić information content (AvgIpc) is 3.08. The third kappa shape index (κ3) is 1.57. The van der Waals surface area contributed by atoms with Crippen LogP contribution in [-0.4, -0.2) is 46.7 Å². The van der Waals surface area contributed by atoms with Crippen molar-refractivity contribution in [3.05, 3.63) is 23.3 Å². The van der Waals surface area contributed by atoms with Gasteiger partial charge in [-0.05, 0) is 48.6 Å². The maximum atomic E-state index is 10.6. The number of benzene rings is 1. The van der Waals surface area contributed by atoms with Crippen LogP contribution in [0.4, 0.5) is 0 Å². The van der Waals surface area contributed by atoms with Crippen LogP contribution in [0.15, 0.2) is 12.1 Å². The van der Waals surface area contributed by atoms with Crippen LogP contribution in [0.3, 0.4) is 0 Å². The second kappa shape index (κ2) is 4.12. The van der Waals surface area contributed by atoms with Crippen molar-refractivity contribution < 1.29 is 19.7 Å². The van der Waals surface area contributed by atoms with Crippen molar-refractivity contribution in [2.24, 2.45) is 5.92 Å². The fourth-order valence-corrected chi connectivity index (χ4v) is 4.84. The molecule has 0 amide bonds. The highest BCUT2D eigenvalue weighted by Crippen LogP contribution is 2.51. The molecule has 1 saturated heterocycles. The van der Waals surface area contributed by atoms with Gasteiger partial charge in [-0.2, -0.15) is 0 Å². The Bertz CT molecular complexity index is 604.